The quantitative estimate of drug-likeness (QED) is 0.725. The predicted molar refractivity (Wildman–Crippen MR) is 83.3 cm³/mol. The summed E-state index contributed by atoms with van der Waals surface area (Å²) in [6.07, 6.45) is 10.8. The van der Waals surface area contributed by atoms with Crippen LogP contribution in [-0.4, -0.2) is 15.2 Å². The van der Waals surface area contributed by atoms with Gasteiger partial charge in [-0.1, -0.05) is 19.3 Å². The van der Waals surface area contributed by atoms with E-state index in [1.54, 1.807) is 0 Å². The second kappa shape index (κ2) is 8.50. The first-order valence-corrected chi connectivity index (χ1v) is 8.77. The largest absolute Gasteiger partial charge is 0.328 e. The second-order valence-corrected chi connectivity index (χ2v) is 6.68. The summed E-state index contributed by atoms with van der Waals surface area (Å²) >= 11 is 2.34. The van der Waals surface area contributed by atoms with Crippen molar-refractivity contribution in [3.8, 4) is 0 Å². The SMILES string of the molecule is Cn1ccn(Cc2ccccc2)[c]1=[Pt].NC1CCCCC1. The number of nitrogens with zero attached hydrogens (tertiary/aromatic N) is 2. The maximum absolute atomic E-state index is 5.63. The Morgan fingerprint density at radius 3 is 2.24 bits per heavy atom. The standard InChI is InChI=1S/C11H12N2.C6H13N.Pt/c1-12-7-8-13(10-12)9-11-5-3-2-4-6-11;7-6-4-2-1-3-5-6;/h2-8H,9H2,1H3;6H,1-5,7H2;. The van der Waals surface area contributed by atoms with Crippen LogP contribution in [0.5, 0.6) is 0 Å². The van der Waals surface area contributed by atoms with Gasteiger partial charge in [0.15, 0.2) is 0 Å². The number of rotatable bonds is 2. The summed E-state index contributed by atoms with van der Waals surface area (Å²) in [7, 11) is 2.06. The Labute approximate surface area is 138 Å². The van der Waals surface area contributed by atoms with Gasteiger partial charge in [0.1, 0.15) is 0 Å². The van der Waals surface area contributed by atoms with Crippen molar-refractivity contribution in [1.29, 1.82) is 0 Å². The third-order valence-corrected chi connectivity index (χ3v) is 5.26. The summed E-state index contributed by atoms with van der Waals surface area (Å²) in [5.74, 6) is 0. The number of nitrogens with two attached hydrogens (primary N) is 1. The van der Waals surface area contributed by atoms with Crippen LogP contribution in [0.3, 0.4) is 0 Å². The molecule has 0 spiro atoms. The molecule has 0 bridgehead atoms. The molecule has 3 nitrogen and oxygen atoms in total. The number of imidazole rings is 1. The van der Waals surface area contributed by atoms with Crippen molar-refractivity contribution in [2.45, 2.75) is 44.7 Å². The molecule has 2 N–H and O–H groups in total. The molecule has 0 atom stereocenters. The van der Waals surface area contributed by atoms with E-state index in [9.17, 15) is 0 Å². The topological polar surface area (TPSA) is 35.9 Å². The Kier molecular flexibility index (Phi) is 6.66. The number of hydrogen-bond donors (Lipinski definition) is 1. The van der Waals surface area contributed by atoms with Crippen LogP contribution in [0.4, 0.5) is 0 Å². The van der Waals surface area contributed by atoms with Gasteiger partial charge in [-0.2, -0.15) is 0 Å². The van der Waals surface area contributed by atoms with Gasteiger partial charge in [-0.25, -0.2) is 0 Å². The molecule has 3 rings (SSSR count). The maximum Gasteiger partial charge on any atom is 0.00388 e. The average Bonchev–Trinajstić information content (AvgIpc) is 2.82. The van der Waals surface area contributed by atoms with Crippen LogP contribution in [-0.2, 0) is 32.9 Å². The van der Waals surface area contributed by atoms with Crippen molar-refractivity contribution >= 4 is 0 Å². The van der Waals surface area contributed by atoms with E-state index in [1.807, 2.05) is 6.07 Å². The number of aryl methyl sites for hydroxylation is 1. The van der Waals surface area contributed by atoms with Gasteiger partial charge in [-0.15, -0.1) is 0 Å². The van der Waals surface area contributed by atoms with Crippen LogP contribution in [0.1, 0.15) is 37.7 Å². The molecule has 0 aliphatic heterocycles. The minimum absolute atomic E-state index is 0.536. The van der Waals surface area contributed by atoms with E-state index in [-0.39, 0.29) is 0 Å². The number of hydrogen-bond acceptors (Lipinski definition) is 1. The molecule has 118 valence electrons. The van der Waals surface area contributed by atoms with E-state index < -0.39 is 0 Å². The van der Waals surface area contributed by atoms with E-state index in [2.05, 4.69) is 72.2 Å². The molecular weight excluding hydrogens is 441 g/mol. The zero-order valence-corrected chi connectivity index (χ0v) is 14.9. The molecule has 1 aromatic carbocycles. The van der Waals surface area contributed by atoms with E-state index in [1.165, 1.54) is 41.5 Å². The van der Waals surface area contributed by atoms with Gasteiger partial charge >= 0.3 is 94.2 Å². The first kappa shape index (κ1) is 16.4. The Morgan fingerprint density at radius 2 is 1.76 bits per heavy atom. The fourth-order valence-corrected chi connectivity index (χ4v) is 3.04. The molecule has 0 saturated heterocycles. The fraction of sp³-hybridized carbons (Fsp3) is 0.471. The van der Waals surface area contributed by atoms with Gasteiger partial charge in [-0.3, -0.25) is 0 Å². The van der Waals surface area contributed by atoms with Crippen LogP contribution >= 0.6 is 0 Å². The molecule has 21 heavy (non-hydrogen) atoms. The van der Waals surface area contributed by atoms with Gasteiger partial charge in [0, 0.05) is 6.04 Å². The summed E-state index contributed by atoms with van der Waals surface area (Å²) in [4.78, 5) is 0. The smallest absolute Gasteiger partial charge is 0.00388 e. The monoisotopic (exact) mass is 466 g/mol. The summed E-state index contributed by atoms with van der Waals surface area (Å²) in [5.41, 5.74) is 6.97. The van der Waals surface area contributed by atoms with E-state index >= 15 is 0 Å². The van der Waals surface area contributed by atoms with Crippen molar-refractivity contribution in [3.05, 3.63) is 52.1 Å². The average molecular weight is 466 g/mol. The zero-order valence-electron chi connectivity index (χ0n) is 12.6. The first-order valence-electron chi connectivity index (χ1n) is 7.63. The summed E-state index contributed by atoms with van der Waals surface area (Å²) in [5, 5.41) is 0. The van der Waals surface area contributed by atoms with Crippen LogP contribution in [0.15, 0.2) is 42.7 Å². The fourth-order valence-electron chi connectivity index (χ4n) is 2.52. The maximum atomic E-state index is 5.63. The van der Waals surface area contributed by atoms with E-state index in [4.69, 9.17) is 5.73 Å². The van der Waals surface area contributed by atoms with Crippen molar-refractivity contribution in [3.63, 3.8) is 0 Å². The first-order chi connectivity index (χ1) is 10.2. The van der Waals surface area contributed by atoms with Crippen LogP contribution < -0.4 is 5.73 Å². The predicted octanol–water partition coefficient (Wildman–Crippen LogP) is 3.23. The molecule has 1 fully saturated rings. The summed E-state index contributed by atoms with van der Waals surface area (Å²) in [6.45, 7) is 0.945. The molecule has 1 saturated carbocycles. The third kappa shape index (κ3) is 5.41. The van der Waals surface area contributed by atoms with Crippen LogP contribution in [0.25, 0.3) is 0 Å². The molecule has 4 heteroatoms. The second-order valence-electron chi connectivity index (χ2n) is 5.66. The summed E-state index contributed by atoms with van der Waals surface area (Å²) < 4.78 is 5.59. The van der Waals surface area contributed by atoms with Crippen molar-refractivity contribution in [2.24, 2.45) is 12.8 Å². The van der Waals surface area contributed by atoms with Crippen LogP contribution in [0.2, 0.25) is 0 Å². The van der Waals surface area contributed by atoms with Gasteiger partial charge in [0.2, 0.25) is 0 Å². The van der Waals surface area contributed by atoms with Crippen molar-refractivity contribution in [1.82, 2.24) is 9.13 Å². The minimum atomic E-state index is 0.536. The Bertz CT molecular complexity index is 580. The molecule has 1 aromatic heterocycles. The Balaban J connectivity index is 0.000000194. The molecule has 1 aliphatic rings. The molecule has 0 unspecified atom stereocenters. The van der Waals surface area contributed by atoms with Crippen molar-refractivity contribution < 1.29 is 19.4 Å². The summed E-state index contributed by atoms with van der Waals surface area (Å²) in [6, 6.07) is 11.0. The van der Waals surface area contributed by atoms with Crippen LogP contribution in [0, 0.1) is 3.80 Å². The molecule has 1 aliphatic carbocycles. The molecular formula is C17H25N3Pt. The van der Waals surface area contributed by atoms with E-state index in [0.29, 0.717) is 6.04 Å². The minimum Gasteiger partial charge on any atom is -0.328 e. The normalized spacial score (nSPS) is 15.4. The zero-order chi connectivity index (χ0) is 15.1. The van der Waals surface area contributed by atoms with E-state index in [0.717, 1.165) is 6.54 Å². The third-order valence-electron chi connectivity index (χ3n) is 3.80. The molecule has 0 amide bonds. The van der Waals surface area contributed by atoms with Gasteiger partial charge in [0.25, 0.3) is 0 Å². The molecule has 2 aromatic rings. The van der Waals surface area contributed by atoms with Gasteiger partial charge in [0.05, 0.1) is 0 Å². The molecule has 1 heterocycles. The Hall–Kier alpha value is -0.922. The van der Waals surface area contributed by atoms with Crippen molar-refractivity contribution in [2.75, 3.05) is 0 Å². The number of aromatic nitrogens is 2. The van der Waals surface area contributed by atoms with Gasteiger partial charge < -0.3 is 5.73 Å². The number of benzene rings is 1. The molecule has 0 radical (unpaired) electrons. The van der Waals surface area contributed by atoms with Gasteiger partial charge in [-0.05, 0) is 12.8 Å². The Morgan fingerprint density at radius 1 is 1.10 bits per heavy atom.